The van der Waals surface area contributed by atoms with Gasteiger partial charge in [0, 0.05) is 46.1 Å². The zero-order valence-corrected chi connectivity index (χ0v) is 17.6. The molecule has 24 heavy (non-hydrogen) atoms. The number of rotatable bonds is 6. The average molecular weight is 482 g/mol. The number of hydrogen-bond acceptors (Lipinski definition) is 2. The Bertz CT molecular complexity index is 646. The maximum atomic E-state index is 6.06. The van der Waals surface area contributed by atoms with Gasteiger partial charge < -0.3 is 10.2 Å². The molecule has 0 saturated carbocycles. The highest BCUT2D eigenvalue weighted by Gasteiger charge is 2.07. The second-order valence-electron chi connectivity index (χ2n) is 5.20. The van der Waals surface area contributed by atoms with E-state index < -0.39 is 0 Å². The standard InChI is InChI=1S/C16H21Cl2N5.HI/c1-19-16(20-7-3-9-23-10-4-8-21-23)22(2)12-13-5-6-14(17)15(18)11-13;/h4-6,8,10-11H,3,7,9,12H2,1-2H3,(H,19,20);1H. The summed E-state index contributed by atoms with van der Waals surface area (Å²) in [6.07, 6.45) is 4.73. The Kier molecular flexibility index (Phi) is 9.46. The van der Waals surface area contributed by atoms with Crippen molar-refractivity contribution in [1.82, 2.24) is 20.0 Å². The van der Waals surface area contributed by atoms with Crippen LogP contribution in [0.1, 0.15) is 12.0 Å². The van der Waals surface area contributed by atoms with Gasteiger partial charge in [-0.3, -0.25) is 9.67 Å². The number of guanidine groups is 1. The topological polar surface area (TPSA) is 45.5 Å². The maximum Gasteiger partial charge on any atom is 0.193 e. The van der Waals surface area contributed by atoms with Gasteiger partial charge in [-0.2, -0.15) is 5.10 Å². The van der Waals surface area contributed by atoms with Gasteiger partial charge in [0.2, 0.25) is 0 Å². The first-order valence-electron chi connectivity index (χ1n) is 7.43. The predicted octanol–water partition coefficient (Wildman–Crippen LogP) is 3.91. The first kappa shape index (κ1) is 21.1. The van der Waals surface area contributed by atoms with Gasteiger partial charge in [0.1, 0.15) is 0 Å². The number of nitrogens with one attached hydrogen (secondary N) is 1. The zero-order valence-electron chi connectivity index (χ0n) is 13.7. The van der Waals surface area contributed by atoms with Crippen molar-refractivity contribution in [2.24, 2.45) is 4.99 Å². The molecule has 0 saturated heterocycles. The molecule has 0 fully saturated rings. The number of halogens is 3. The SMILES string of the molecule is CN=C(NCCCn1cccn1)N(C)Cc1ccc(Cl)c(Cl)c1.I. The molecule has 0 amide bonds. The molecule has 8 heteroatoms. The van der Waals surface area contributed by atoms with Gasteiger partial charge in [-0.15, -0.1) is 24.0 Å². The van der Waals surface area contributed by atoms with E-state index in [4.69, 9.17) is 23.2 Å². The second kappa shape index (κ2) is 10.8. The quantitative estimate of drug-likeness (QED) is 0.294. The molecule has 1 aromatic heterocycles. The third-order valence-electron chi connectivity index (χ3n) is 3.38. The number of hydrogen-bond donors (Lipinski definition) is 1. The van der Waals surface area contributed by atoms with Gasteiger partial charge in [0.05, 0.1) is 10.0 Å². The van der Waals surface area contributed by atoms with Gasteiger partial charge in [-0.05, 0) is 30.2 Å². The van der Waals surface area contributed by atoms with E-state index in [2.05, 4.69) is 15.4 Å². The summed E-state index contributed by atoms with van der Waals surface area (Å²) in [5, 5.41) is 8.68. The third-order valence-corrected chi connectivity index (χ3v) is 4.12. The summed E-state index contributed by atoms with van der Waals surface area (Å²) in [4.78, 5) is 6.36. The molecule has 1 aromatic carbocycles. The van der Waals surface area contributed by atoms with E-state index in [9.17, 15) is 0 Å². The van der Waals surface area contributed by atoms with Crippen LogP contribution in [0.5, 0.6) is 0 Å². The molecule has 5 nitrogen and oxygen atoms in total. The Morgan fingerprint density at radius 3 is 2.75 bits per heavy atom. The lowest BCUT2D eigenvalue weighted by molar-refractivity contribution is 0.471. The van der Waals surface area contributed by atoms with Crippen LogP contribution < -0.4 is 5.32 Å². The molecule has 0 aliphatic rings. The number of nitrogens with zero attached hydrogens (tertiary/aromatic N) is 4. The number of aliphatic imine (C=N–C) groups is 1. The second-order valence-corrected chi connectivity index (χ2v) is 6.02. The fraction of sp³-hybridized carbons (Fsp3) is 0.375. The highest BCUT2D eigenvalue weighted by Crippen LogP contribution is 2.23. The minimum Gasteiger partial charge on any atom is -0.356 e. The molecule has 0 aliphatic heterocycles. The van der Waals surface area contributed by atoms with Crippen molar-refractivity contribution in [3.8, 4) is 0 Å². The fourth-order valence-corrected chi connectivity index (χ4v) is 2.57. The van der Waals surface area contributed by atoms with E-state index in [1.165, 1.54) is 0 Å². The lowest BCUT2D eigenvalue weighted by atomic mass is 10.2. The fourth-order valence-electron chi connectivity index (χ4n) is 2.25. The Morgan fingerprint density at radius 2 is 2.12 bits per heavy atom. The van der Waals surface area contributed by atoms with Crippen LogP contribution in [0.15, 0.2) is 41.7 Å². The summed E-state index contributed by atoms with van der Waals surface area (Å²) in [7, 11) is 3.77. The molecule has 0 bridgehead atoms. The summed E-state index contributed by atoms with van der Waals surface area (Å²) in [6.45, 7) is 2.42. The van der Waals surface area contributed by atoms with Crippen molar-refractivity contribution in [1.29, 1.82) is 0 Å². The van der Waals surface area contributed by atoms with Crippen LogP contribution in [0.2, 0.25) is 10.0 Å². The Labute approximate surface area is 170 Å². The Morgan fingerprint density at radius 1 is 1.33 bits per heavy atom. The number of aryl methyl sites for hydroxylation is 1. The molecule has 0 unspecified atom stereocenters. The summed E-state index contributed by atoms with van der Waals surface area (Å²) in [5.74, 6) is 0.844. The largest absolute Gasteiger partial charge is 0.356 e. The van der Waals surface area contributed by atoms with Crippen molar-refractivity contribution >= 4 is 53.1 Å². The molecule has 0 aliphatic carbocycles. The van der Waals surface area contributed by atoms with Crippen LogP contribution in [0, 0.1) is 0 Å². The first-order chi connectivity index (χ1) is 11.1. The van der Waals surface area contributed by atoms with Gasteiger partial charge in [-0.25, -0.2) is 0 Å². The van der Waals surface area contributed by atoms with E-state index in [0.29, 0.717) is 16.6 Å². The lowest BCUT2D eigenvalue weighted by Gasteiger charge is -2.22. The molecular weight excluding hydrogens is 460 g/mol. The lowest BCUT2D eigenvalue weighted by Crippen LogP contribution is -2.39. The van der Waals surface area contributed by atoms with E-state index in [1.807, 2.05) is 47.1 Å². The molecule has 132 valence electrons. The van der Waals surface area contributed by atoms with Crippen molar-refractivity contribution in [2.45, 2.75) is 19.5 Å². The predicted molar refractivity (Wildman–Crippen MR) is 112 cm³/mol. The van der Waals surface area contributed by atoms with Crippen molar-refractivity contribution < 1.29 is 0 Å². The van der Waals surface area contributed by atoms with E-state index in [0.717, 1.165) is 31.0 Å². The first-order valence-corrected chi connectivity index (χ1v) is 8.19. The summed E-state index contributed by atoms with van der Waals surface area (Å²) in [6, 6.07) is 7.59. The summed E-state index contributed by atoms with van der Waals surface area (Å²) >= 11 is 12.0. The zero-order chi connectivity index (χ0) is 16.7. The minimum atomic E-state index is 0. The smallest absolute Gasteiger partial charge is 0.193 e. The highest BCUT2D eigenvalue weighted by molar-refractivity contribution is 14.0. The van der Waals surface area contributed by atoms with Crippen LogP contribution in [0.4, 0.5) is 0 Å². The van der Waals surface area contributed by atoms with E-state index >= 15 is 0 Å². The normalized spacial score (nSPS) is 11.1. The van der Waals surface area contributed by atoms with E-state index in [1.54, 1.807) is 13.2 Å². The summed E-state index contributed by atoms with van der Waals surface area (Å²) in [5.41, 5.74) is 1.08. The summed E-state index contributed by atoms with van der Waals surface area (Å²) < 4.78 is 1.92. The molecule has 2 aromatic rings. The van der Waals surface area contributed by atoms with Crippen molar-refractivity contribution in [3.05, 3.63) is 52.3 Å². The van der Waals surface area contributed by atoms with Gasteiger partial charge >= 0.3 is 0 Å². The third kappa shape index (κ3) is 6.49. The maximum absolute atomic E-state index is 6.06. The van der Waals surface area contributed by atoms with Gasteiger partial charge in [0.25, 0.3) is 0 Å². The molecule has 0 radical (unpaired) electrons. The molecule has 1 heterocycles. The van der Waals surface area contributed by atoms with Crippen LogP contribution >= 0.6 is 47.2 Å². The number of aromatic nitrogens is 2. The molecule has 0 atom stereocenters. The minimum absolute atomic E-state index is 0. The Balaban J connectivity index is 0.00000288. The van der Waals surface area contributed by atoms with Gasteiger partial charge in [0.15, 0.2) is 5.96 Å². The molecule has 0 spiro atoms. The Hall–Kier alpha value is -0.990. The molecule has 2 rings (SSSR count). The monoisotopic (exact) mass is 481 g/mol. The van der Waals surface area contributed by atoms with Crippen molar-refractivity contribution in [3.63, 3.8) is 0 Å². The van der Waals surface area contributed by atoms with Crippen LogP contribution in [-0.4, -0.2) is 41.3 Å². The highest BCUT2D eigenvalue weighted by atomic mass is 127. The average Bonchev–Trinajstić information content (AvgIpc) is 3.04. The van der Waals surface area contributed by atoms with Crippen LogP contribution in [-0.2, 0) is 13.1 Å². The van der Waals surface area contributed by atoms with Crippen molar-refractivity contribution in [2.75, 3.05) is 20.6 Å². The van der Waals surface area contributed by atoms with Crippen LogP contribution in [0.25, 0.3) is 0 Å². The van der Waals surface area contributed by atoms with Crippen LogP contribution in [0.3, 0.4) is 0 Å². The van der Waals surface area contributed by atoms with E-state index in [-0.39, 0.29) is 24.0 Å². The molecule has 1 N–H and O–H groups in total. The number of benzene rings is 1. The molecular formula is C16H22Cl2IN5. The van der Waals surface area contributed by atoms with Gasteiger partial charge in [-0.1, -0.05) is 29.3 Å².